The van der Waals surface area contributed by atoms with E-state index in [0.29, 0.717) is 0 Å². The van der Waals surface area contributed by atoms with E-state index in [-0.39, 0.29) is 20.1 Å². The Kier molecular flexibility index (Phi) is 22.3. The van der Waals surface area contributed by atoms with Crippen molar-refractivity contribution in [3.05, 3.63) is 0 Å². The average molecular weight is 625 g/mol. The fourth-order valence-corrected chi connectivity index (χ4v) is 0.831. The predicted molar refractivity (Wildman–Crippen MR) is 86.1 cm³/mol. The first-order chi connectivity index (χ1) is 13.6. The minimum absolute atomic E-state index is 0. The monoisotopic (exact) mass is 625 g/mol. The first-order valence-corrected chi connectivity index (χ1v) is 7.57. The molecule has 0 saturated carbocycles. The van der Waals surface area contributed by atoms with Gasteiger partial charge in [0.1, 0.15) is 17.9 Å². The molecule has 0 radical (unpaired) electrons. The summed E-state index contributed by atoms with van der Waals surface area (Å²) in [6, 6.07) is 0. The van der Waals surface area contributed by atoms with E-state index in [2.05, 4.69) is 0 Å². The molecule has 0 fully saturated rings. The summed E-state index contributed by atoms with van der Waals surface area (Å²) in [7, 11) is 0. The van der Waals surface area contributed by atoms with Crippen LogP contribution in [0.4, 0.5) is 0 Å². The summed E-state index contributed by atoms with van der Waals surface area (Å²) in [6.07, 6.45) is 0. The Balaban J connectivity index is -0.000000174. The zero-order chi connectivity index (χ0) is 24.4. The molecule has 31 heavy (non-hydrogen) atoms. The van der Waals surface area contributed by atoms with E-state index < -0.39 is 72.6 Å². The van der Waals surface area contributed by atoms with Gasteiger partial charge in [-0.15, -0.1) is 0 Å². The van der Waals surface area contributed by atoms with Crippen molar-refractivity contribution in [3.63, 3.8) is 0 Å². The van der Waals surface area contributed by atoms with Crippen LogP contribution < -0.4 is 31.3 Å². The smallest absolute Gasteiger partial charge is 0.542 e. The van der Waals surface area contributed by atoms with Crippen molar-refractivity contribution in [2.24, 2.45) is 0 Å². The Morgan fingerprint density at radius 1 is 0.484 bits per heavy atom. The van der Waals surface area contributed by atoms with Gasteiger partial charge < -0.3 is 45.7 Å². The summed E-state index contributed by atoms with van der Waals surface area (Å²) >= 11 is 0. The number of Topliss-reactive ketones (excluding diaryl/α,β-unsaturated/α-hetero) is 3. The van der Waals surface area contributed by atoms with Crippen LogP contribution in [0.3, 0.4) is 0 Å². The van der Waals surface area contributed by atoms with Gasteiger partial charge >= 0.3 is 20.1 Å². The topological polar surface area (TPSA) is 259 Å². The molecule has 0 atom stereocenters. The van der Waals surface area contributed by atoms with Gasteiger partial charge in [0.05, 0.1) is 19.6 Å². The van der Waals surface area contributed by atoms with E-state index in [9.17, 15) is 58.5 Å². The zero-order valence-electron chi connectivity index (χ0n) is 16.4. The van der Waals surface area contributed by atoms with Crippen molar-refractivity contribution in [1.29, 1.82) is 0 Å². The van der Waals surface area contributed by atoms with Gasteiger partial charge in [-0.05, 0) is 0 Å². The van der Waals surface area contributed by atoms with Gasteiger partial charge in [0.2, 0.25) is 17.7 Å². The van der Waals surface area contributed by atoms with Crippen molar-refractivity contribution in [1.82, 2.24) is 16.0 Å². The van der Waals surface area contributed by atoms with Crippen molar-refractivity contribution in [2.75, 3.05) is 19.6 Å². The Morgan fingerprint density at radius 3 is 0.742 bits per heavy atom. The Bertz CT molecular complexity index is 625. The molecule has 3 N–H and O–H groups in total. The van der Waals surface area contributed by atoms with Crippen LogP contribution in [-0.2, 0) is 63.3 Å². The molecule has 174 valence electrons. The minimum Gasteiger partial charge on any atom is -0.542 e. The second-order valence-corrected chi connectivity index (χ2v) is 4.86. The maximum absolute atomic E-state index is 10.2. The van der Waals surface area contributed by atoms with Crippen LogP contribution in [-0.4, -0.2) is 72.6 Å². The molecule has 0 aromatic heterocycles. The van der Waals surface area contributed by atoms with Crippen LogP contribution in [0.2, 0.25) is 0 Å². The van der Waals surface area contributed by atoms with Gasteiger partial charge in [0.15, 0.2) is 17.3 Å². The molecule has 0 aliphatic heterocycles. The molecule has 0 aromatic carbocycles. The molecule has 0 spiro atoms. The van der Waals surface area contributed by atoms with E-state index in [4.69, 9.17) is 0 Å². The Morgan fingerprint density at radius 2 is 0.645 bits per heavy atom. The van der Waals surface area contributed by atoms with Crippen molar-refractivity contribution in [2.45, 2.75) is 20.8 Å². The van der Waals surface area contributed by atoms with Gasteiger partial charge in [-0.1, -0.05) is 0 Å². The van der Waals surface area contributed by atoms with Gasteiger partial charge in [0, 0.05) is 20.8 Å². The fourth-order valence-electron chi connectivity index (χ4n) is 0.831. The molecule has 0 heterocycles. The number of rotatable bonds is 9. The number of amides is 3. The third-order valence-electron chi connectivity index (χ3n) is 2.18. The molecule has 0 unspecified atom stereocenters. The summed E-state index contributed by atoms with van der Waals surface area (Å²) in [5.41, 5.74) is 0. The zero-order valence-corrected chi connectivity index (χ0v) is 18.7. The molecule has 0 aliphatic carbocycles. The molecule has 0 saturated heterocycles. The van der Waals surface area contributed by atoms with Gasteiger partial charge in [0.25, 0.3) is 0 Å². The maximum Gasteiger partial charge on any atom is 3.00 e. The summed E-state index contributed by atoms with van der Waals surface area (Å²) < 4.78 is 0. The Labute approximate surface area is 188 Å². The molecule has 16 heteroatoms. The number of hydrogen-bond donors (Lipinski definition) is 3. The molecule has 0 bridgehead atoms. The fraction of sp³-hybridized carbons (Fsp3) is 0.400. The van der Waals surface area contributed by atoms with Crippen LogP contribution in [0.1, 0.15) is 20.8 Å². The minimum atomic E-state index is -1.78. The third kappa shape index (κ3) is 28.8. The van der Waals surface area contributed by atoms with E-state index in [0.717, 1.165) is 0 Å². The standard InChI is InChI=1S/3C5H7NO4.Ir/c3*1-3(7)6-2-4(8)5(9)10;/h3*2H2,1H3,(H,6,7)(H,9,10);/q;;;+3/p-3. The number of nitrogens with one attached hydrogen (secondary N) is 3. The second kappa shape index (κ2) is 19.8. The summed E-state index contributed by atoms with van der Waals surface area (Å²) in [5, 5.41) is 35.2. The van der Waals surface area contributed by atoms with E-state index >= 15 is 0 Å². The first kappa shape index (κ1) is 35.0. The van der Waals surface area contributed by atoms with E-state index in [1.165, 1.54) is 20.8 Å². The summed E-state index contributed by atoms with van der Waals surface area (Å²) in [6.45, 7) is 2.04. The van der Waals surface area contributed by atoms with E-state index in [1.807, 2.05) is 16.0 Å². The molecule has 3 amide bonds. The summed E-state index contributed by atoms with van der Waals surface area (Å²) in [4.78, 5) is 89.9. The van der Waals surface area contributed by atoms with Gasteiger partial charge in [-0.3, -0.25) is 28.8 Å². The third-order valence-corrected chi connectivity index (χ3v) is 2.18. The van der Waals surface area contributed by atoms with E-state index in [1.54, 1.807) is 0 Å². The molecule has 0 aliphatic rings. The largest absolute Gasteiger partial charge is 3.00 e. The van der Waals surface area contributed by atoms with Crippen LogP contribution in [0, 0.1) is 0 Å². The number of carboxylic acid groups (broad SMARTS) is 3. The quantitative estimate of drug-likeness (QED) is 0.202. The Hall–Kier alpha value is -3.52. The number of ketones is 3. The predicted octanol–water partition coefficient (Wildman–Crippen LogP) is -7.68. The number of hydrogen-bond acceptors (Lipinski definition) is 12. The van der Waals surface area contributed by atoms with Gasteiger partial charge in [-0.25, -0.2) is 0 Å². The first-order valence-electron chi connectivity index (χ1n) is 7.57. The molecule has 0 aromatic rings. The normalized spacial score (nSPS) is 8.23. The number of aliphatic carboxylic acids is 3. The SMILES string of the molecule is CC(=O)NCC(=O)C(=O)[O-].CC(=O)NCC(=O)C(=O)[O-].CC(=O)NCC(=O)C(=O)[O-].[Ir+3]. The van der Waals surface area contributed by atoms with Crippen molar-refractivity contribution >= 4 is 53.0 Å². The van der Waals surface area contributed by atoms with Gasteiger partial charge in [-0.2, -0.15) is 0 Å². The summed E-state index contributed by atoms with van der Waals surface area (Å²) in [5.74, 6) is -10.1. The van der Waals surface area contributed by atoms with Crippen LogP contribution in [0.15, 0.2) is 0 Å². The van der Waals surface area contributed by atoms with Crippen LogP contribution >= 0.6 is 0 Å². The number of carbonyl (C=O) groups is 9. The maximum atomic E-state index is 10.2. The molecule has 0 rings (SSSR count). The second-order valence-electron chi connectivity index (χ2n) is 4.86. The van der Waals surface area contributed by atoms with Crippen LogP contribution in [0.5, 0.6) is 0 Å². The van der Waals surface area contributed by atoms with Crippen molar-refractivity contribution in [3.8, 4) is 0 Å². The molecule has 15 nitrogen and oxygen atoms in total. The average Bonchev–Trinajstić information content (AvgIpc) is 2.62. The number of carbonyl (C=O) groups excluding carboxylic acids is 9. The molecular formula is C15H18IrN3O12. The molecular weight excluding hydrogens is 606 g/mol. The van der Waals surface area contributed by atoms with Crippen molar-refractivity contribution < 1.29 is 78.6 Å². The van der Waals surface area contributed by atoms with Crippen LogP contribution in [0.25, 0.3) is 0 Å². The number of carboxylic acids is 3.